The van der Waals surface area contributed by atoms with Crippen molar-refractivity contribution < 1.29 is 0 Å². The lowest BCUT2D eigenvalue weighted by atomic mass is 10.1. The molecule has 0 unspecified atom stereocenters. The molecule has 2 aromatic rings. The summed E-state index contributed by atoms with van der Waals surface area (Å²) in [6, 6.07) is 8.53. The van der Waals surface area contributed by atoms with Crippen LogP contribution < -0.4 is 5.32 Å². The summed E-state index contributed by atoms with van der Waals surface area (Å²) >= 11 is 0. The first kappa shape index (κ1) is 11.9. The van der Waals surface area contributed by atoms with E-state index in [1.165, 1.54) is 11.1 Å². The SMILES string of the molecule is CCNCc1ccc(-n2ccc(C)n2)c(C)c1. The Morgan fingerprint density at radius 1 is 1.24 bits per heavy atom. The monoisotopic (exact) mass is 229 g/mol. The van der Waals surface area contributed by atoms with Gasteiger partial charge in [0.1, 0.15) is 0 Å². The first-order valence-electron chi connectivity index (χ1n) is 6.03. The minimum Gasteiger partial charge on any atom is -0.313 e. The van der Waals surface area contributed by atoms with Crippen LogP contribution in [0.25, 0.3) is 5.69 Å². The summed E-state index contributed by atoms with van der Waals surface area (Å²) in [4.78, 5) is 0. The van der Waals surface area contributed by atoms with Gasteiger partial charge in [0.25, 0.3) is 0 Å². The molecule has 1 heterocycles. The molecule has 1 aromatic carbocycles. The van der Waals surface area contributed by atoms with Gasteiger partial charge in [-0.3, -0.25) is 0 Å². The third-order valence-electron chi connectivity index (χ3n) is 2.81. The zero-order chi connectivity index (χ0) is 12.3. The van der Waals surface area contributed by atoms with Crippen molar-refractivity contribution in [2.75, 3.05) is 6.54 Å². The first-order chi connectivity index (χ1) is 8.20. The van der Waals surface area contributed by atoms with Crippen molar-refractivity contribution >= 4 is 0 Å². The normalized spacial score (nSPS) is 10.8. The van der Waals surface area contributed by atoms with Gasteiger partial charge in [-0.15, -0.1) is 0 Å². The molecular weight excluding hydrogens is 210 g/mol. The zero-order valence-corrected chi connectivity index (χ0v) is 10.7. The van der Waals surface area contributed by atoms with Crippen LogP contribution in [-0.2, 0) is 6.54 Å². The highest BCUT2D eigenvalue weighted by Crippen LogP contribution is 2.15. The second kappa shape index (κ2) is 5.15. The lowest BCUT2D eigenvalue weighted by Crippen LogP contribution is -2.12. The summed E-state index contributed by atoms with van der Waals surface area (Å²) in [5.41, 5.74) is 4.76. The third-order valence-corrected chi connectivity index (χ3v) is 2.81. The molecule has 2 rings (SSSR count). The second-order valence-corrected chi connectivity index (χ2v) is 4.30. The van der Waals surface area contributed by atoms with Crippen molar-refractivity contribution in [3.63, 3.8) is 0 Å². The van der Waals surface area contributed by atoms with E-state index in [0.29, 0.717) is 0 Å². The topological polar surface area (TPSA) is 29.9 Å². The Kier molecular flexibility index (Phi) is 3.59. The number of nitrogens with zero attached hydrogens (tertiary/aromatic N) is 2. The molecule has 0 saturated carbocycles. The lowest BCUT2D eigenvalue weighted by Gasteiger charge is -2.09. The quantitative estimate of drug-likeness (QED) is 0.873. The Morgan fingerprint density at radius 2 is 2.06 bits per heavy atom. The minimum atomic E-state index is 0.926. The average Bonchev–Trinajstić information content (AvgIpc) is 2.73. The van der Waals surface area contributed by atoms with Gasteiger partial charge < -0.3 is 5.32 Å². The molecule has 3 nitrogen and oxygen atoms in total. The van der Waals surface area contributed by atoms with Crippen molar-refractivity contribution in [3.8, 4) is 5.69 Å². The van der Waals surface area contributed by atoms with E-state index in [1.807, 2.05) is 23.9 Å². The van der Waals surface area contributed by atoms with Crippen LogP contribution in [0.4, 0.5) is 0 Å². The van der Waals surface area contributed by atoms with Gasteiger partial charge in [-0.2, -0.15) is 5.10 Å². The van der Waals surface area contributed by atoms with Gasteiger partial charge in [-0.25, -0.2) is 4.68 Å². The highest BCUT2D eigenvalue weighted by atomic mass is 15.3. The van der Waals surface area contributed by atoms with Crippen molar-refractivity contribution in [1.29, 1.82) is 0 Å². The number of rotatable bonds is 4. The Balaban J connectivity index is 2.25. The smallest absolute Gasteiger partial charge is 0.0675 e. The predicted octanol–water partition coefficient (Wildman–Crippen LogP) is 2.60. The van der Waals surface area contributed by atoms with E-state index in [0.717, 1.165) is 24.5 Å². The fourth-order valence-electron chi connectivity index (χ4n) is 1.90. The maximum atomic E-state index is 4.43. The number of benzene rings is 1. The number of aromatic nitrogens is 2. The Hall–Kier alpha value is -1.61. The third kappa shape index (κ3) is 2.74. The van der Waals surface area contributed by atoms with Gasteiger partial charge in [0.2, 0.25) is 0 Å². The summed E-state index contributed by atoms with van der Waals surface area (Å²) in [7, 11) is 0. The molecule has 0 aliphatic rings. The van der Waals surface area contributed by atoms with Gasteiger partial charge >= 0.3 is 0 Å². The summed E-state index contributed by atoms with van der Waals surface area (Å²) in [5, 5.41) is 7.77. The van der Waals surface area contributed by atoms with E-state index in [2.05, 4.69) is 42.5 Å². The number of aryl methyl sites for hydroxylation is 2. The molecule has 1 N–H and O–H groups in total. The van der Waals surface area contributed by atoms with Crippen molar-refractivity contribution in [2.24, 2.45) is 0 Å². The van der Waals surface area contributed by atoms with Crippen LogP contribution in [-0.4, -0.2) is 16.3 Å². The number of nitrogens with one attached hydrogen (secondary N) is 1. The van der Waals surface area contributed by atoms with Crippen molar-refractivity contribution in [3.05, 3.63) is 47.3 Å². The summed E-state index contributed by atoms with van der Waals surface area (Å²) in [5.74, 6) is 0. The zero-order valence-electron chi connectivity index (χ0n) is 10.7. The number of hydrogen-bond acceptors (Lipinski definition) is 2. The maximum Gasteiger partial charge on any atom is 0.0675 e. The second-order valence-electron chi connectivity index (χ2n) is 4.30. The Bertz CT molecular complexity index is 500. The summed E-state index contributed by atoms with van der Waals surface area (Å²) in [6.07, 6.45) is 2.00. The minimum absolute atomic E-state index is 0.926. The fourth-order valence-corrected chi connectivity index (χ4v) is 1.90. The molecule has 0 aliphatic heterocycles. The highest BCUT2D eigenvalue weighted by Gasteiger charge is 2.03. The van der Waals surface area contributed by atoms with E-state index in [9.17, 15) is 0 Å². The standard InChI is InChI=1S/C14H19N3/c1-4-15-10-13-5-6-14(11(2)9-13)17-8-7-12(3)16-17/h5-9,15H,4,10H2,1-3H3. The van der Waals surface area contributed by atoms with Crippen LogP contribution >= 0.6 is 0 Å². The van der Waals surface area contributed by atoms with Crippen LogP contribution in [0, 0.1) is 13.8 Å². The highest BCUT2D eigenvalue weighted by molar-refractivity contribution is 5.42. The van der Waals surface area contributed by atoms with Crippen LogP contribution in [0.2, 0.25) is 0 Å². The summed E-state index contributed by atoms with van der Waals surface area (Å²) in [6.45, 7) is 8.18. The molecule has 0 aliphatic carbocycles. The van der Waals surface area contributed by atoms with Crippen LogP contribution in [0.1, 0.15) is 23.7 Å². The molecular formula is C14H19N3. The Morgan fingerprint density at radius 3 is 2.65 bits per heavy atom. The molecule has 3 heteroatoms. The lowest BCUT2D eigenvalue weighted by molar-refractivity contribution is 0.725. The van der Waals surface area contributed by atoms with E-state index < -0.39 is 0 Å². The average molecular weight is 229 g/mol. The Labute approximate surface area is 102 Å². The summed E-state index contributed by atoms with van der Waals surface area (Å²) < 4.78 is 1.93. The van der Waals surface area contributed by atoms with Crippen molar-refractivity contribution in [1.82, 2.24) is 15.1 Å². The molecule has 0 saturated heterocycles. The van der Waals surface area contributed by atoms with Crippen LogP contribution in [0.15, 0.2) is 30.5 Å². The van der Waals surface area contributed by atoms with Gasteiger partial charge in [0.05, 0.1) is 11.4 Å². The molecule has 0 radical (unpaired) electrons. The van der Waals surface area contributed by atoms with E-state index in [4.69, 9.17) is 0 Å². The first-order valence-corrected chi connectivity index (χ1v) is 6.03. The molecule has 0 spiro atoms. The van der Waals surface area contributed by atoms with E-state index in [1.54, 1.807) is 0 Å². The molecule has 17 heavy (non-hydrogen) atoms. The fraction of sp³-hybridized carbons (Fsp3) is 0.357. The van der Waals surface area contributed by atoms with Gasteiger partial charge in [-0.05, 0) is 43.7 Å². The predicted molar refractivity (Wildman–Crippen MR) is 70.4 cm³/mol. The molecule has 1 aromatic heterocycles. The molecule has 0 atom stereocenters. The molecule has 90 valence electrons. The number of hydrogen-bond donors (Lipinski definition) is 1. The maximum absolute atomic E-state index is 4.43. The van der Waals surface area contributed by atoms with Crippen molar-refractivity contribution in [2.45, 2.75) is 27.3 Å². The van der Waals surface area contributed by atoms with Gasteiger partial charge in [0, 0.05) is 12.7 Å². The van der Waals surface area contributed by atoms with Crippen LogP contribution in [0.3, 0.4) is 0 Å². The molecule has 0 amide bonds. The largest absolute Gasteiger partial charge is 0.313 e. The van der Waals surface area contributed by atoms with Gasteiger partial charge in [0.15, 0.2) is 0 Å². The van der Waals surface area contributed by atoms with Crippen LogP contribution in [0.5, 0.6) is 0 Å². The van der Waals surface area contributed by atoms with E-state index >= 15 is 0 Å². The van der Waals surface area contributed by atoms with Gasteiger partial charge in [-0.1, -0.05) is 19.1 Å². The molecule has 0 bridgehead atoms. The molecule has 0 fully saturated rings. The van der Waals surface area contributed by atoms with E-state index in [-0.39, 0.29) is 0 Å².